The molecule has 3 aromatic rings. The molecule has 0 heterocycles. The maximum atomic E-state index is 6.51. The van der Waals surface area contributed by atoms with Crippen LogP contribution in [0, 0.1) is 6.92 Å². The molecule has 6 heteroatoms. The highest BCUT2D eigenvalue weighted by Crippen LogP contribution is 2.35. The predicted molar refractivity (Wildman–Crippen MR) is 122 cm³/mol. The van der Waals surface area contributed by atoms with Gasteiger partial charge in [-0.3, -0.25) is 0 Å². The van der Waals surface area contributed by atoms with Crippen LogP contribution in [0.1, 0.15) is 23.6 Å². The predicted octanol–water partition coefficient (Wildman–Crippen LogP) is 7.55. The number of ether oxygens (including phenoxy) is 2. The van der Waals surface area contributed by atoms with E-state index >= 15 is 0 Å². The van der Waals surface area contributed by atoms with Crippen molar-refractivity contribution in [1.82, 2.24) is 0 Å². The molecule has 0 aliphatic carbocycles. The van der Waals surface area contributed by atoms with Crippen LogP contribution < -0.4 is 14.8 Å². The second-order valence-corrected chi connectivity index (χ2v) is 7.74. The lowest BCUT2D eigenvalue weighted by atomic mass is 10.1. The summed E-state index contributed by atoms with van der Waals surface area (Å²) in [6.07, 6.45) is 0. The average molecular weight is 451 g/mol. The molecule has 0 unspecified atom stereocenters. The summed E-state index contributed by atoms with van der Waals surface area (Å²) in [5.74, 6) is 1.29. The zero-order chi connectivity index (χ0) is 20.8. The van der Waals surface area contributed by atoms with Crippen molar-refractivity contribution in [2.45, 2.75) is 27.0 Å². The molecule has 152 valence electrons. The monoisotopic (exact) mass is 449 g/mol. The molecular formula is C23H22Cl3NO2. The SMILES string of the molecule is CCOc1cc(CNc2ccc(Cl)c(Cl)c2)c(Cl)cc1OCc1ccccc1C. The third-order valence-electron chi connectivity index (χ3n) is 4.46. The molecule has 3 nitrogen and oxygen atoms in total. The molecule has 3 aromatic carbocycles. The van der Waals surface area contributed by atoms with Gasteiger partial charge in [-0.2, -0.15) is 0 Å². The largest absolute Gasteiger partial charge is 0.490 e. The van der Waals surface area contributed by atoms with Gasteiger partial charge in [-0.15, -0.1) is 0 Å². The summed E-state index contributed by atoms with van der Waals surface area (Å²) >= 11 is 18.6. The van der Waals surface area contributed by atoms with Crippen LogP contribution in [0.4, 0.5) is 5.69 Å². The number of hydrogen-bond acceptors (Lipinski definition) is 3. The van der Waals surface area contributed by atoms with Crippen molar-refractivity contribution in [2.75, 3.05) is 11.9 Å². The van der Waals surface area contributed by atoms with Crippen molar-refractivity contribution in [3.05, 3.63) is 86.4 Å². The average Bonchev–Trinajstić information content (AvgIpc) is 2.70. The van der Waals surface area contributed by atoms with Gasteiger partial charge in [0.25, 0.3) is 0 Å². The van der Waals surface area contributed by atoms with Crippen LogP contribution in [0.2, 0.25) is 15.1 Å². The van der Waals surface area contributed by atoms with Crippen LogP contribution >= 0.6 is 34.8 Å². The van der Waals surface area contributed by atoms with Crippen molar-refractivity contribution in [2.24, 2.45) is 0 Å². The molecule has 0 spiro atoms. The lowest BCUT2D eigenvalue weighted by Gasteiger charge is -2.16. The van der Waals surface area contributed by atoms with E-state index in [4.69, 9.17) is 44.3 Å². The number of anilines is 1. The topological polar surface area (TPSA) is 30.5 Å². The summed E-state index contributed by atoms with van der Waals surface area (Å²) < 4.78 is 11.8. The Morgan fingerprint density at radius 2 is 1.55 bits per heavy atom. The van der Waals surface area contributed by atoms with Gasteiger partial charge >= 0.3 is 0 Å². The van der Waals surface area contributed by atoms with E-state index in [0.29, 0.717) is 46.3 Å². The molecule has 0 saturated heterocycles. The normalized spacial score (nSPS) is 10.7. The summed E-state index contributed by atoms with van der Waals surface area (Å²) in [6.45, 7) is 5.49. The molecular weight excluding hydrogens is 429 g/mol. The van der Waals surface area contributed by atoms with E-state index < -0.39 is 0 Å². The Morgan fingerprint density at radius 1 is 0.793 bits per heavy atom. The highest BCUT2D eigenvalue weighted by molar-refractivity contribution is 6.42. The number of aryl methyl sites for hydroxylation is 1. The van der Waals surface area contributed by atoms with Gasteiger partial charge in [0.15, 0.2) is 11.5 Å². The molecule has 0 aliphatic rings. The van der Waals surface area contributed by atoms with Gasteiger partial charge in [0.2, 0.25) is 0 Å². The first-order valence-electron chi connectivity index (χ1n) is 9.29. The maximum Gasteiger partial charge on any atom is 0.163 e. The van der Waals surface area contributed by atoms with Crippen LogP contribution in [-0.2, 0) is 13.2 Å². The van der Waals surface area contributed by atoms with Gasteiger partial charge in [0.05, 0.1) is 16.7 Å². The Morgan fingerprint density at radius 3 is 2.28 bits per heavy atom. The lowest BCUT2D eigenvalue weighted by molar-refractivity contribution is 0.268. The lowest BCUT2D eigenvalue weighted by Crippen LogP contribution is -2.04. The minimum atomic E-state index is 0.448. The smallest absolute Gasteiger partial charge is 0.163 e. The van der Waals surface area contributed by atoms with Crippen LogP contribution in [-0.4, -0.2) is 6.61 Å². The number of hydrogen-bond donors (Lipinski definition) is 1. The highest BCUT2D eigenvalue weighted by atomic mass is 35.5. The van der Waals surface area contributed by atoms with Crippen molar-refractivity contribution >= 4 is 40.5 Å². The van der Waals surface area contributed by atoms with Gasteiger partial charge < -0.3 is 14.8 Å². The summed E-state index contributed by atoms with van der Waals surface area (Å²) in [4.78, 5) is 0. The van der Waals surface area contributed by atoms with Gasteiger partial charge in [-0.1, -0.05) is 59.1 Å². The van der Waals surface area contributed by atoms with Gasteiger partial charge in [-0.05, 0) is 54.8 Å². The van der Waals surface area contributed by atoms with Gasteiger partial charge in [0.1, 0.15) is 6.61 Å². The van der Waals surface area contributed by atoms with Crippen molar-refractivity contribution in [1.29, 1.82) is 0 Å². The molecule has 3 rings (SSSR count). The second kappa shape index (κ2) is 10.1. The summed E-state index contributed by atoms with van der Waals surface area (Å²) in [5.41, 5.74) is 4.05. The van der Waals surface area contributed by atoms with Crippen LogP contribution in [0.15, 0.2) is 54.6 Å². The van der Waals surface area contributed by atoms with E-state index in [-0.39, 0.29) is 0 Å². The van der Waals surface area contributed by atoms with E-state index in [1.165, 1.54) is 5.56 Å². The molecule has 29 heavy (non-hydrogen) atoms. The Labute approximate surface area is 186 Å². The molecule has 0 fully saturated rings. The van der Waals surface area contributed by atoms with Gasteiger partial charge in [-0.25, -0.2) is 0 Å². The Kier molecular flexibility index (Phi) is 7.54. The van der Waals surface area contributed by atoms with Crippen molar-refractivity contribution in [3.8, 4) is 11.5 Å². The van der Waals surface area contributed by atoms with Crippen LogP contribution in [0.5, 0.6) is 11.5 Å². The number of rotatable bonds is 8. The zero-order valence-corrected chi connectivity index (χ0v) is 18.5. The molecule has 0 radical (unpaired) electrons. The summed E-state index contributed by atoms with van der Waals surface area (Å²) in [7, 11) is 0. The molecule has 0 amide bonds. The highest BCUT2D eigenvalue weighted by Gasteiger charge is 2.12. The molecule has 0 aromatic heterocycles. The maximum absolute atomic E-state index is 6.51. The van der Waals surface area contributed by atoms with Crippen molar-refractivity contribution in [3.63, 3.8) is 0 Å². The minimum absolute atomic E-state index is 0.448. The Hall–Kier alpha value is -2.07. The number of halogens is 3. The quantitative estimate of drug-likeness (QED) is 0.384. The first-order valence-corrected chi connectivity index (χ1v) is 10.4. The minimum Gasteiger partial charge on any atom is -0.490 e. The number of nitrogens with one attached hydrogen (secondary N) is 1. The fourth-order valence-corrected chi connectivity index (χ4v) is 3.34. The van der Waals surface area contributed by atoms with E-state index in [0.717, 1.165) is 16.8 Å². The zero-order valence-electron chi connectivity index (χ0n) is 16.3. The molecule has 0 aliphatic heterocycles. The van der Waals surface area contributed by atoms with Crippen LogP contribution in [0.25, 0.3) is 0 Å². The molecule has 0 atom stereocenters. The second-order valence-electron chi connectivity index (χ2n) is 6.52. The van der Waals surface area contributed by atoms with Gasteiger partial charge in [0, 0.05) is 23.3 Å². The Bertz CT molecular complexity index is 992. The summed E-state index contributed by atoms with van der Waals surface area (Å²) in [6, 6.07) is 17.2. The number of benzene rings is 3. The Balaban J connectivity index is 1.76. The summed E-state index contributed by atoms with van der Waals surface area (Å²) in [5, 5.41) is 4.91. The molecule has 1 N–H and O–H groups in total. The third kappa shape index (κ3) is 5.72. The van der Waals surface area contributed by atoms with Crippen molar-refractivity contribution < 1.29 is 9.47 Å². The van der Waals surface area contributed by atoms with E-state index in [1.54, 1.807) is 18.2 Å². The van der Waals surface area contributed by atoms with E-state index in [9.17, 15) is 0 Å². The molecule has 0 saturated carbocycles. The standard InChI is InChI=1S/C23H22Cl3NO2/c1-3-28-22-10-17(13-27-18-8-9-19(24)21(26)11-18)20(25)12-23(22)29-14-16-7-5-4-6-15(16)2/h4-12,27H,3,13-14H2,1-2H3. The fourth-order valence-electron chi connectivity index (χ4n) is 2.82. The fraction of sp³-hybridized carbons (Fsp3) is 0.217. The first kappa shape index (κ1) is 21.6. The third-order valence-corrected chi connectivity index (χ3v) is 5.55. The van der Waals surface area contributed by atoms with E-state index in [2.05, 4.69) is 18.3 Å². The van der Waals surface area contributed by atoms with E-state index in [1.807, 2.05) is 37.3 Å². The first-order chi connectivity index (χ1) is 14.0. The van der Waals surface area contributed by atoms with Crippen LogP contribution in [0.3, 0.4) is 0 Å². The molecule has 0 bridgehead atoms.